The fourth-order valence-electron chi connectivity index (χ4n) is 2.51. The number of hydrogen-bond acceptors (Lipinski definition) is 3. The smallest absolute Gasteiger partial charge is 0.191 e. The van der Waals surface area contributed by atoms with Crippen molar-refractivity contribution in [1.82, 2.24) is 10.6 Å². The van der Waals surface area contributed by atoms with Gasteiger partial charge in [0.05, 0.1) is 19.8 Å². The van der Waals surface area contributed by atoms with Crippen LogP contribution in [0.5, 0.6) is 0 Å². The second-order valence-corrected chi connectivity index (χ2v) is 6.35. The van der Waals surface area contributed by atoms with Gasteiger partial charge in [-0.2, -0.15) is 0 Å². The molecule has 0 aliphatic heterocycles. The van der Waals surface area contributed by atoms with Crippen LogP contribution in [0.2, 0.25) is 5.02 Å². The predicted octanol–water partition coefficient (Wildman–Crippen LogP) is 4.38. The molecule has 0 unspecified atom stereocenters. The van der Waals surface area contributed by atoms with E-state index in [0.29, 0.717) is 32.9 Å². The van der Waals surface area contributed by atoms with Crippen molar-refractivity contribution in [3.05, 3.63) is 70.2 Å². The van der Waals surface area contributed by atoms with Crippen molar-refractivity contribution >= 4 is 41.5 Å². The van der Waals surface area contributed by atoms with Crippen LogP contribution in [-0.4, -0.2) is 32.8 Å². The number of nitrogens with zero attached hydrogens (tertiary/aromatic N) is 1. The van der Waals surface area contributed by atoms with Crippen molar-refractivity contribution in [3.8, 4) is 0 Å². The highest BCUT2D eigenvalue weighted by molar-refractivity contribution is 14.0. The van der Waals surface area contributed by atoms with E-state index >= 15 is 0 Å². The van der Waals surface area contributed by atoms with Gasteiger partial charge in [0, 0.05) is 31.8 Å². The summed E-state index contributed by atoms with van der Waals surface area (Å²) in [4.78, 5) is 4.26. The molecule has 0 fully saturated rings. The highest BCUT2D eigenvalue weighted by atomic mass is 127. The summed E-state index contributed by atoms with van der Waals surface area (Å²) in [5.41, 5.74) is 3.35. The van der Waals surface area contributed by atoms with Crippen LogP contribution >= 0.6 is 35.6 Å². The molecule has 7 heteroatoms. The second kappa shape index (κ2) is 14.6. The maximum atomic E-state index is 6.19. The average molecular weight is 518 g/mol. The number of ether oxygens (including phenoxy) is 2. The first kappa shape index (κ1) is 24.7. The third kappa shape index (κ3) is 9.23. The molecule has 2 aromatic rings. The zero-order valence-electron chi connectivity index (χ0n) is 16.4. The van der Waals surface area contributed by atoms with Gasteiger partial charge in [-0.1, -0.05) is 54.1 Å². The number of guanidine groups is 1. The Balaban J connectivity index is 0.00000392. The Bertz CT molecular complexity index is 728. The zero-order valence-corrected chi connectivity index (χ0v) is 19.5. The van der Waals surface area contributed by atoms with Gasteiger partial charge in [0.2, 0.25) is 0 Å². The number of benzene rings is 2. The predicted molar refractivity (Wildman–Crippen MR) is 126 cm³/mol. The van der Waals surface area contributed by atoms with E-state index in [4.69, 9.17) is 21.1 Å². The molecule has 28 heavy (non-hydrogen) atoms. The van der Waals surface area contributed by atoms with Gasteiger partial charge in [0.25, 0.3) is 0 Å². The van der Waals surface area contributed by atoms with E-state index in [2.05, 4.69) is 33.8 Å². The molecular weight excluding hydrogens is 489 g/mol. The topological polar surface area (TPSA) is 54.9 Å². The minimum absolute atomic E-state index is 0. The molecule has 0 amide bonds. The summed E-state index contributed by atoms with van der Waals surface area (Å²) in [6, 6.07) is 16.1. The Hall–Kier alpha value is -1.35. The SMILES string of the molecule is CCOCCOCc1cccc(CNC(=NC)NCc2ccccc2Cl)c1.I. The summed E-state index contributed by atoms with van der Waals surface area (Å²) in [7, 11) is 1.75. The third-order valence-corrected chi connectivity index (χ3v) is 4.29. The molecule has 0 aliphatic carbocycles. The lowest BCUT2D eigenvalue weighted by Gasteiger charge is -2.13. The van der Waals surface area contributed by atoms with Crippen molar-refractivity contribution < 1.29 is 9.47 Å². The Kier molecular flexibility index (Phi) is 12.9. The number of hydrogen-bond donors (Lipinski definition) is 2. The van der Waals surface area contributed by atoms with Gasteiger partial charge in [0.15, 0.2) is 5.96 Å². The standard InChI is InChI=1S/C21H28ClN3O2.HI/c1-3-26-11-12-27-16-18-8-6-7-17(13-18)14-24-21(23-2)25-15-19-9-4-5-10-20(19)22;/h4-10,13H,3,11-12,14-16H2,1-2H3,(H2,23,24,25);1H. The minimum atomic E-state index is 0. The molecule has 0 radical (unpaired) electrons. The van der Waals surface area contributed by atoms with Crippen molar-refractivity contribution in [2.75, 3.05) is 26.9 Å². The minimum Gasteiger partial charge on any atom is -0.379 e. The summed E-state index contributed by atoms with van der Waals surface area (Å²) in [5.74, 6) is 0.730. The number of halogens is 2. The van der Waals surface area contributed by atoms with Crippen LogP contribution < -0.4 is 10.6 Å². The van der Waals surface area contributed by atoms with Crippen molar-refractivity contribution in [3.63, 3.8) is 0 Å². The Labute approximate surface area is 189 Å². The monoisotopic (exact) mass is 517 g/mol. The second-order valence-electron chi connectivity index (χ2n) is 5.94. The van der Waals surface area contributed by atoms with Gasteiger partial charge in [-0.25, -0.2) is 0 Å². The maximum Gasteiger partial charge on any atom is 0.191 e. The fourth-order valence-corrected chi connectivity index (χ4v) is 2.71. The number of aliphatic imine (C=N–C) groups is 1. The summed E-state index contributed by atoms with van der Waals surface area (Å²) < 4.78 is 10.9. The molecule has 0 bridgehead atoms. The largest absolute Gasteiger partial charge is 0.379 e. The highest BCUT2D eigenvalue weighted by Gasteiger charge is 2.03. The zero-order chi connectivity index (χ0) is 19.3. The van der Waals surface area contributed by atoms with Crippen molar-refractivity contribution in [2.45, 2.75) is 26.6 Å². The Morgan fingerprint density at radius 3 is 2.43 bits per heavy atom. The molecule has 0 heterocycles. The van der Waals surface area contributed by atoms with Gasteiger partial charge in [-0.05, 0) is 29.7 Å². The van der Waals surface area contributed by atoms with Gasteiger partial charge in [-0.3, -0.25) is 4.99 Å². The van der Waals surface area contributed by atoms with Crippen LogP contribution in [-0.2, 0) is 29.2 Å². The Morgan fingerprint density at radius 1 is 0.964 bits per heavy atom. The van der Waals surface area contributed by atoms with E-state index in [9.17, 15) is 0 Å². The van der Waals surface area contributed by atoms with Gasteiger partial charge in [-0.15, -0.1) is 24.0 Å². The lowest BCUT2D eigenvalue weighted by atomic mass is 10.1. The molecule has 2 aromatic carbocycles. The summed E-state index contributed by atoms with van der Waals surface area (Å²) in [6.45, 7) is 5.81. The molecule has 0 aromatic heterocycles. The highest BCUT2D eigenvalue weighted by Crippen LogP contribution is 2.14. The number of nitrogens with one attached hydrogen (secondary N) is 2. The number of rotatable bonds is 10. The van der Waals surface area contributed by atoms with E-state index < -0.39 is 0 Å². The quantitative estimate of drug-likeness (QED) is 0.213. The maximum absolute atomic E-state index is 6.19. The molecule has 154 valence electrons. The van der Waals surface area contributed by atoms with Crippen LogP contribution in [0.4, 0.5) is 0 Å². The molecule has 0 saturated carbocycles. The van der Waals surface area contributed by atoms with Crippen LogP contribution in [0.25, 0.3) is 0 Å². The first-order valence-corrected chi connectivity index (χ1v) is 9.52. The normalized spacial score (nSPS) is 11.0. The first-order chi connectivity index (χ1) is 13.2. The third-order valence-electron chi connectivity index (χ3n) is 3.92. The van der Waals surface area contributed by atoms with Crippen LogP contribution in [0.15, 0.2) is 53.5 Å². The average Bonchev–Trinajstić information content (AvgIpc) is 2.69. The van der Waals surface area contributed by atoms with Gasteiger partial charge >= 0.3 is 0 Å². The summed E-state index contributed by atoms with van der Waals surface area (Å²) >= 11 is 6.19. The van der Waals surface area contributed by atoms with Crippen LogP contribution in [0.3, 0.4) is 0 Å². The van der Waals surface area contributed by atoms with Crippen molar-refractivity contribution in [2.24, 2.45) is 4.99 Å². The van der Waals surface area contributed by atoms with Crippen molar-refractivity contribution in [1.29, 1.82) is 0 Å². The summed E-state index contributed by atoms with van der Waals surface area (Å²) in [5, 5.41) is 7.35. The molecule has 0 spiro atoms. The molecule has 2 rings (SSSR count). The van der Waals surface area contributed by atoms with E-state index in [1.165, 1.54) is 5.56 Å². The van der Waals surface area contributed by atoms with E-state index in [1.807, 2.05) is 37.3 Å². The molecule has 0 saturated heterocycles. The molecule has 2 N–H and O–H groups in total. The molecule has 0 atom stereocenters. The lowest BCUT2D eigenvalue weighted by molar-refractivity contribution is 0.0453. The Morgan fingerprint density at radius 2 is 1.68 bits per heavy atom. The first-order valence-electron chi connectivity index (χ1n) is 9.14. The lowest BCUT2D eigenvalue weighted by Crippen LogP contribution is -2.36. The summed E-state index contributed by atoms with van der Waals surface area (Å²) in [6.07, 6.45) is 0. The van der Waals surface area contributed by atoms with Crippen LogP contribution in [0.1, 0.15) is 23.6 Å². The molecule has 5 nitrogen and oxygen atoms in total. The van der Waals surface area contributed by atoms with Gasteiger partial charge < -0.3 is 20.1 Å². The van der Waals surface area contributed by atoms with Gasteiger partial charge in [0.1, 0.15) is 0 Å². The molecule has 0 aliphatic rings. The van der Waals surface area contributed by atoms with E-state index in [-0.39, 0.29) is 24.0 Å². The van der Waals surface area contributed by atoms with E-state index in [1.54, 1.807) is 7.05 Å². The fraction of sp³-hybridized carbons (Fsp3) is 0.381. The van der Waals surface area contributed by atoms with E-state index in [0.717, 1.165) is 28.7 Å². The van der Waals surface area contributed by atoms with Crippen LogP contribution in [0, 0.1) is 0 Å². The molecular formula is C21H29ClIN3O2.